The van der Waals surface area contributed by atoms with Crippen molar-refractivity contribution in [1.82, 2.24) is 10.6 Å². The molecule has 4 nitrogen and oxygen atoms in total. The van der Waals surface area contributed by atoms with Crippen LogP contribution in [0.1, 0.15) is 11.7 Å². The van der Waals surface area contributed by atoms with Crippen LogP contribution in [0.2, 0.25) is 0 Å². The number of likely N-dealkylation sites (N-methyl/N-ethyl adjacent to an activating group) is 3. The summed E-state index contributed by atoms with van der Waals surface area (Å²) in [5.74, 6) is 0.892. The highest BCUT2D eigenvalue weighted by Crippen LogP contribution is 2.25. The summed E-state index contributed by atoms with van der Waals surface area (Å²) in [4.78, 5) is 2.22. The lowest BCUT2D eigenvalue weighted by Crippen LogP contribution is -2.27. The molecule has 0 spiro atoms. The molecule has 0 saturated heterocycles. The fourth-order valence-corrected chi connectivity index (χ4v) is 2.45. The number of benzene rings is 2. The Morgan fingerprint density at radius 2 is 1.78 bits per heavy atom. The van der Waals surface area contributed by atoms with E-state index in [2.05, 4.69) is 46.8 Å². The monoisotopic (exact) mass is 313 g/mol. The zero-order valence-electron chi connectivity index (χ0n) is 14.3. The minimum Gasteiger partial charge on any atom is -0.484 e. The van der Waals surface area contributed by atoms with Crippen LogP contribution < -0.4 is 20.3 Å². The molecule has 1 unspecified atom stereocenters. The van der Waals surface area contributed by atoms with Crippen LogP contribution in [0.5, 0.6) is 5.75 Å². The first-order chi connectivity index (χ1) is 11.2. The van der Waals surface area contributed by atoms with Crippen molar-refractivity contribution < 1.29 is 4.74 Å². The quantitative estimate of drug-likeness (QED) is 0.746. The van der Waals surface area contributed by atoms with E-state index in [1.165, 1.54) is 5.56 Å². The van der Waals surface area contributed by atoms with E-state index < -0.39 is 0 Å². The molecule has 0 radical (unpaired) electrons. The van der Waals surface area contributed by atoms with Crippen LogP contribution in [0.25, 0.3) is 0 Å². The number of hydrogen-bond acceptors (Lipinski definition) is 4. The fourth-order valence-electron chi connectivity index (χ4n) is 2.45. The van der Waals surface area contributed by atoms with E-state index in [9.17, 15) is 0 Å². The molecule has 0 aliphatic rings. The lowest BCUT2D eigenvalue weighted by atomic mass is 10.1. The average Bonchev–Trinajstić information content (AvgIpc) is 2.60. The van der Waals surface area contributed by atoms with Gasteiger partial charge in [0.1, 0.15) is 11.9 Å². The van der Waals surface area contributed by atoms with Gasteiger partial charge in [-0.2, -0.15) is 0 Å². The summed E-state index contributed by atoms with van der Waals surface area (Å²) in [6.45, 7) is 2.68. The largest absolute Gasteiger partial charge is 0.484 e. The summed E-state index contributed by atoms with van der Waals surface area (Å²) in [6.07, 6.45) is -0.000866. The number of hydrogen-bond donors (Lipinski definition) is 2. The first kappa shape index (κ1) is 17.3. The summed E-state index contributed by atoms with van der Waals surface area (Å²) in [7, 11) is 6.01. The van der Waals surface area contributed by atoms with Crippen LogP contribution in [0, 0.1) is 0 Å². The van der Waals surface area contributed by atoms with Gasteiger partial charge in [0, 0.05) is 38.4 Å². The molecule has 0 aliphatic heterocycles. The topological polar surface area (TPSA) is 36.5 Å². The summed E-state index contributed by atoms with van der Waals surface area (Å²) < 4.78 is 6.23. The van der Waals surface area contributed by atoms with Crippen molar-refractivity contribution >= 4 is 5.69 Å². The maximum Gasteiger partial charge on any atom is 0.136 e. The number of anilines is 1. The number of nitrogens with one attached hydrogen (secondary N) is 2. The van der Waals surface area contributed by atoms with E-state index in [1.807, 2.05) is 44.4 Å². The fraction of sp³-hybridized carbons (Fsp3) is 0.368. The second-order valence-electron chi connectivity index (χ2n) is 5.60. The Bertz CT molecular complexity index is 574. The van der Waals surface area contributed by atoms with Crippen LogP contribution in [0.15, 0.2) is 54.6 Å². The second kappa shape index (κ2) is 9.18. The normalized spacial score (nSPS) is 12.0. The Kier molecular flexibility index (Phi) is 6.91. The van der Waals surface area contributed by atoms with Gasteiger partial charge in [-0.05, 0) is 31.8 Å². The van der Waals surface area contributed by atoms with E-state index >= 15 is 0 Å². The number of rotatable bonds is 9. The van der Waals surface area contributed by atoms with Crippen LogP contribution in [-0.4, -0.2) is 40.8 Å². The van der Waals surface area contributed by atoms with Gasteiger partial charge in [0.25, 0.3) is 0 Å². The van der Waals surface area contributed by atoms with Crippen molar-refractivity contribution in [3.8, 4) is 5.75 Å². The van der Waals surface area contributed by atoms with Crippen molar-refractivity contribution in [3.05, 3.63) is 60.2 Å². The molecule has 124 valence electrons. The van der Waals surface area contributed by atoms with Gasteiger partial charge in [-0.25, -0.2) is 0 Å². The molecule has 2 rings (SSSR count). The van der Waals surface area contributed by atoms with Gasteiger partial charge in [0.15, 0.2) is 0 Å². The Morgan fingerprint density at radius 1 is 1.00 bits per heavy atom. The highest BCUT2D eigenvalue weighted by Gasteiger charge is 2.13. The molecule has 4 heteroatoms. The summed E-state index contributed by atoms with van der Waals surface area (Å²) in [6, 6.07) is 18.6. The summed E-state index contributed by atoms with van der Waals surface area (Å²) in [5, 5.41) is 6.38. The lowest BCUT2D eigenvalue weighted by Gasteiger charge is -2.22. The standard InChI is InChI=1S/C19H27N3O/c1-20-12-13-22(3)17-10-7-11-18(14-17)23-19(15-21-2)16-8-5-4-6-9-16/h4-11,14,19-21H,12-13,15H2,1-3H3. The molecule has 2 N–H and O–H groups in total. The minimum atomic E-state index is -0.000866. The van der Waals surface area contributed by atoms with Crippen molar-refractivity contribution in [1.29, 1.82) is 0 Å². The maximum absolute atomic E-state index is 6.23. The van der Waals surface area contributed by atoms with E-state index in [0.29, 0.717) is 0 Å². The van der Waals surface area contributed by atoms with E-state index in [-0.39, 0.29) is 6.10 Å². The van der Waals surface area contributed by atoms with E-state index in [4.69, 9.17) is 4.74 Å². The molecule has 2 aromatic rings. The van der Waals surface area contributed by atoms with Crippen LogP contribution in [0.4, 0.5) is 5.69 Å². The molecule has 23 heavy (non-hydrogen) atoms. The molecule has 0 bridgehead atoms. The van der Waals surface area contributed by atoms with E-state index in [1.54, 1.807) is 0 Å². The highest BCUT2D eigenvalue weighted by molar-refractivity contribution is 5.50. The molecular weight excluding hydrogens is 286 g/mol. The molecule has 0 aromatic heterocycles. The Hall–Kier alpha value is -2.04. The molecule has 0 amide bonds. The predicted molar refractivity (Wildman–Crippen MR) is 97.4 cm³/mol. The Balaban J connectivity index is 2.11. The van der Waals surface area contributed by atoms with Gasteiger partial charge in [0.2, 0.25) is 0 Å². The number of nitrogens with zero attached hydrogens (tertiary/aromatic N) is 1. The van der Waals surface area contributed by atoms with E-state index in [0.717, 1.165) is 31.1 Å². The minimum absolute atomic E-state index is 0.000866. The Morgan fingerprint density at radius 3 is 2.48 bits per heavy atom. The maximum atomic E-state index is 6.23. The lowest BCUT2D eigenvalue weighted by molar-refractivity contribution is 0.205. The summed E-state index contributed by atoms with van der Waals surface area (Å²) in [5.41, 5.74) is 2.34. The third-order valence-electron chi connectivity index (χ3n) is 3.79. The van der Waals surface area contributed by atoms with Crippen LogP contribution in [0.3, 0.4) is 0 Å². The Labute approximate surface area is 139 Å². The molecule has 0 fully saturated rings. The zero-order valence-corrected chi connectivity index (χ0v) is 14.3. The van der Waals surface area contributed by atoms with Crippen molar-refractivity contribution in [2.75, 3.05) is 45.7 Å². The first-order valence-corrected chi connectivity index (χ1v) is 8.06. The van der Waals surface area contributed by atoms with Gasteiger partial charge in [-0.1, -0.05) is 36.4 Å². The SMILES string of the molecule is CNCCN(C)c1cccc(OC(CNC)c2ccccc2)c1. The zero-order chi connectivity index (χ0) is 16.5. The van der Waals surface area contributed by atoms with Gasteiger partial charge in [-0.3, -0.25) is 0 Å². The van der Waals surface area contributed by atoms with Crippen LogP contribution >= 0.6 is 0 Å². The molecule has 1 atom stereocenters. The smallest absolute Gasteiger partial charge is 0.136 e. The molecule has 2 aromatic carbocycles. The van der Waals surface area contributed by atoms with Crippen molar-refractivity contribution in [2.45, 2.75) is 6.10 Å². The summed E-state index contributed by atoms with van der Waals surface area (Å²) >= 11 is 0. The third kappa shape index (κ3) is 5.27. The van der Waals surface area contributed by atoms with Crippen LogP contribution in [-0.2, 0) is 0 Å². The third-order valence-corrected chi connectivity index (χ3v) is 3.79. The molecule has 0 aliphatic carbocycles. The highest BCUT2D eigenvalue weighted by atomic mass is 16.5. The predicted octanol–water partition coefficient (Wildman–Crippen LogP) is 2.68. The molecule has 0 saturated carbocycles. The molecular formula is C19H27N3O. The van der Waals surface area contributed by atoms with Gasteiger partial charge in [0.05, 0.1) is 0 Å². The van der Waals surface area contributed by atoms with Crippen molar-refractivity contribution in [3.63, 3.8) is 0 Å². The number of ether oxygens (including phenoxy) is 1. The second-order valence-corrected chi connectivity index (χ2v) is 5.60. The van der Waals surface area contributed by atoms with Gasteiger partial charge >= 0.3 is 0 Å². The van der Waals surface area contributed by atoms with Crippen molar-refractivity contribution in [2.24, 2.45) is 0 Å². The van der Waals surface area contributed by atoms with Gasteiger partial charge in [-0.15, -0.1) is 0 Å². The van der Waals surface area contributed by atoms with Gasteiger partial charge < -0.3 is 20.3 Å². The average molecular weight is 313 g/mol. The molecule has 0 heterocycles. The first-order valence-electron chi connectivity index (χ1n) is 8.06.